The molecule has 0 aromatic carbocycles. The Morgan fingerprint density at radius 3 is 2.73 bits per heavy atom. The predicted octanol–water partition coefficient (Wildman–Crippen LogP) is 3.29. The van der Waals surface area contributed by atoms with E-state index in [1.807, 2.05) is 17.5 Å². The number of nitrogens with zero attached hydrogens (tertiary/aromatic N) is 2. The Kier molecular flexibility index (Phi) is 2.86. The molecule has 4 heteroatoms. The third kappa shape index (κ3) is 2.09. The van der Waals surface area contributed by atoms with Crippen LogP contribution >= 0.6 is 11.3 Å². The van der Waals surface area contributed by atoms with Gasteiger partial charge in [-0.15, -0.1) is 11.3 Å². The van der Waals surface area contributed by atoms with E-state index in [9.17, 15) is 0 Å². The first kappa shape index (κ1) is 10.4. The topological polar surface area (TPSA) is 41.6 Å². The van der Waals surface area contributed by atoms with Gasteiger partial charge in [-0.05, 0) is 17.4 Å². The number of hydrogen-bond donors (Lipinski definition) is 1. The third-order valence-electron chi connectivity index (χ3n) is 2.68. The molecule has 3 nitrogen and oxygen atoms in total. The number of hydrogen-bond acceptors (Lipinski definition) is 3. The largest absolute Gasteiger partial charge is 0.262 e. The third-order valence-corrected chi connectivity index (χ3v) is 3.54. The van der Waals surface area contributed by atoms with Crippen LogP contribution in [0.2, 0.25) is 0 Å². The van der Waals surface area contributed by atoms with Crippen LogP contribution in [0.1, 0.15) is 32.5 Å². The Hall–Kier alpha value is -1.16. The van der Waals surface area contributed by atoms with Crippen LogP contribution in [-0.2, 0) is 0 Å². The highest BCUT2D eigenvalue weighted by atomic mass is 32.1. The fraction of sp³-hybridized carbons (Fsp3) is 0.455. The van der Waals surface area contributed by atoms with Gasteiger partial charge in [0.1, 0.15) is 5.82 Å². The second kappa shape index (κ2) is 4.14. The maximum absolute atomic E-state index is 4.52. The number of thiophene rings is 1. The van der Waals surface area contributed by atoms with Crippen molar-refractivity contribution in [2.45, 2.75) is 26.7 Å². The van der Waals surface area contributed by atoms with Gasteiger partial charge in [0.15, 0.2) is 5.82 Å². The monoisotopic (exact) mass is 221 g/mol. The Morgan fingerprint density at radius 1 is 1.33 bits per heavy atom. The molecule has 0 saturated carbocycles. The maximum Gasteiger partial charge on any atom is 0.191 e. The summed E-state index contributed by atoms with van der Waals surface area (Å²) >= 11 is 1.66. The van der Waals surface area contributed by atoms with Crippen molar-refractivity contribution in [1.29, 1.82) is 0 Å². The Labute approximate surface area is 93.6 Å². The SMILES string of the molecule is CC(C)C(C)c1nc(-c2cccs2)n[nH]1. The van der Waals surface area contributed by atoms with Crippen molar-refractivity contribution >= 4 is 11.3 Å². The lowest BCUT2D eigenvalue weighted by Crippen LogP contribution is -2.03. The number of aromatic nitrogens is 3. The second-order valence-electron chi connectivity index (χ2n) is 4.05. The molecule has 2 rings (SSSR count). The molecule has 0 amide bonds. The maximum atomic E-state index is 4.52. The van der Waals surface area contributed by atoms with E-state index in [0.717, 1.165) is 16.5 Å². The minimum atomic E-state index is 0.422. The van der Waals surface area contributed by atoms with E-state index < -0.39 is 0 Å². The molecular formula is C11H15N3S. The predicted molar refractivity (Wildman–Crippen MR) is 62.9 cm³/mol. The average molecular weight is 221 g/mol. The van der Waals surface area contributed by atoms with E-state index in [1.165, 1.54) is 0 Å². The van der Waals surface area contributed by atoms with Gasteiger partial charge in [0.25, 0.3) is 0 Å². The van der Waals surface area contributed by atoms with Crippen molar-refractivity contribution in [3.63, 3.8) is 0 Å². The van der Waals surface area contributed by atoms with Crippen molar-refractivity contribution < 1.29 is 0 Å². The number of rotatable bonds is 3. The van der Waals surface area contributed by atoms with Gasteiger partial charge >= 0.3 is 0 Å². The average Bonchev–Trinajstić information content (AvgIpc) is 2.86. The summed E-state index contributed by atoms with van der Waals surface area (Å²) < 4.78 is 0. The van der Waals surface area contributed by atoms with Crippen LogP contribution in [0.3, 0.4) is 0 Å². The Balaban J connectivity index is 2.25. The lowest BCUT2D eigenvalue weighted by Gasteiger charge is -2.10. The molecule has 0 aliphatic rings. The first-order valence-electron chi connectivity index (χ1n) is 5.14. The Morgan fingerprint density at radius 2 is 2.13 bits per heavy atom. The smallest absolute Gasteiger partial charge is 0.191 e. The van der Waals surface area contributed by atoms with Crippen molar-refractivity contribution in [2.75, 3.05) is 0 Å². The molecule has 0 bridgehead atoms. The molecule has 0 radical (unpaired) electrons. The lowest BCUT2D eigenvalue weighted by molar-refractivity contribution is 0.512. The molecule has 0 fully saturated rings. The summed E-state index contributed by atoms with van der Waals surface area (Å²) in [5.41, 5.74) is 0. The molecule has 2 aromatic rings. The number of aromatic amines is 1. The summed E-state index contributed by atoms with van der Waals surface area (Å²) in [6, 6.07) is 4.06. The molecule has 0 aliphatic heterocycles. The summed E-state index contributed by atoms with van der Waals surface area (Å²) in [5, 5.41) is 9.30. The molecule has 0 spiro atoms. The molecule has 0 saturated heterocycles. The van der Waals surface area contributed by atoms with Gasteiger partial charge in [0, 0.05) is 5.92 Å². The van der Waals surface area contributed by atoms with E-state index in [2.05, 4.69) is 36.0 Å². The van der Waals surface area contributed by atoms with Crippen molar-refractivity contribution in [3.8, 4) is 10.7 Å². The highest BCUT2D eigenvalue weighted by molar-refractivity contribution is 7.13. The zero-order valence-electron chi connectivity index (χ0n) is 9.19. The van der Waals surface area contributed by atoms with Gasteiger partial charge in [0.2, 0.25) is 0 Å². The zero-order chi connectivity index (χ0) is 10.8. The number of H-pyrrole nitrogens is 1. The summed E-state index contributed by atoms with van der Waals surface area (Å²) in [5.74, 6) is 2.79. The van der Waals surface area contributed by atoms with E-state index >= 15 is 0 Å². The van der Waals surface area contributed by atoms with Gasteiger partial charge in [-0.3, -0.25) is 5.10 Å². The van der Waals surface area contributed by atoms with Crippen molar-refractivity contribution in [2.24, 2.45) is 5.92 Å². The summed E-state index contributed by atoms with van der Waals surface area (Å²) in [6.07, 6.45) is 0. The molecule has 15 heavy (non-hydrogen) atoms. The summed E-state index contributed by atoms with van der Waals surface area (Å²) in [4.78, 5) is 5.64. The quantitative estimate of drug-likeness (QED) is 0.864. The summed E-state index contributed by atoms with van der Waals surface area (Å²) in [7, 11) is 0. The van der Waals surface area contributed by atoms with Gasteiger partial charge in [-0.2, -0.15) is 5.10 Å². The minimum Gasteiger partial charge on any atom is -0.262 e. The van der Waals surface area contributed by atoms with Crippen LogP contribution in [-0.4, -0.2) is 15.2 Å². The van der Waals surface area contributed by atoms with Crippen molar-refractivity contribution in [1.82, 2.24) is 15.2 Å². The first-order chi connectivity index (χ1) is 7.18. The fourth-order valence-electron chi connectivity index (χ4n) is 1.31. The van der Waals surface area contributed by atoms with E-state index in [1.54, 1.807) is 11.3 Å². The molecule has 0 aliphatic carbocycles. The molecule has 1 N–H and O–H groups in total. The molecule has 1 atom stereocenters. The lowest BCUT2D eigenvalue weighted by atomic mass is 9.98. The van der Waals surface area contributed by atoms with Crippen LogP contribution < -0.4 is 0 Å². The van der Waals surface area contributed by atoms with Crippen LogP contribution in [0.4, 0.5) is 0 Å². The van der Waals surface area contributed by atoms with E-state index in [4.69, 9.17) is 0 Å². The van der Waals surface area contributed by atoms with Gasteiger partial charge in [0.05, 0.1) is 4.88 Å². The van der Waals surface area contributed by atoms with Crippen LogP contribution in [0.25, 0.3) is 10.7 Å². The standard InChI is InChI=1S/C11H15N3S/c1-7(2)8(3)10-12-11(14-13-10)9-5-4-6-15-9/h4-8H,1-3H3,(H,12,13,14). The van der Waals surface area contributed by atoms with Crippen LogP contribution in [0.5, 0.6) is 0 Å². The molecular weight excluding hydrogens is 206 g/mol. The van der Waals surface area contributed by atoms with Crippen LogP contribution in [0, 0.1) is 5.92 Å². The first-order valence-corrected chi connectivity index (χ1v) is 6.02. The van der Waals surface area contributed by atoms with Gasteiger partial charge < -0.3 is 0 Å². The minimum absolute atomic E-state index is 0.422. The zero-order valence-corrected chi connectivity index (χ0v) is 10.0. The van der Waals surface area contributed by atoms with Gasteiger partial charge in [-0.25, -0.2) is 4.98 Å². The second-order valence-corrected chi connectivity index (χ2v) is 5.00. The van der Waals surface area contributed by atoms with Gasteiger partial charge in [-0.1, -0.05) is 26.8 Å². The molecule has 1 unspecified atom stereocenters. The van der Waals surface area contributed by atoms with E-state index in [0.29, 0.717) is 11.8 Å². The van der Waals surface area contributed by atoms with Crippen LogP contribution in [0.15, 0.2) is 17.5 Å². The van der Waals surface area contributed by atoms with E-state index in [-0.39, 0.29) is 0 Å². The van der Waals surface area contributed by atoms with Crippen molar-refractivity contribution in [3.05, 3.63) is 23.3 Å². The highest BCUT2D eigenvalue weighted by Gasteiger charge is 2.15. The Bertz CT molecular complexity index is 417. The molecule has 80 valence electrons. The molecule has 2 heterocycles. The summed E-state index contributed by atoms with van der Waals surface area (Å²) in [6.45, 7) is 6.55. The fourth-order valence-corrected chi connectivity index (χ4v) is 1.97. The molecule has 2 aromatic heterocycles. The normalized spacial score (nSPS) is 13.3. The number of nitrogens with one attached hydrogen (secondary N) is 1. The highest BCUT2D eigenvalue weighted by Crippen LogP contribution is 2.24.